The van der Waals surface area contributed by atoms with Crippen LogP contribution < -0.4 is 5.32 Å². The summed E-state index contributed by atoms with van der Waals surface area (Å²) in [6.07, 6.45) is 1.01. The molecule has 1 N–H and O–H groups in total. The predicted octanol–water partition coefficient (Wildman–Crippen LogP) is 2.57. The first-order valence-corrected chi connectivity index (χ1v) is 6.66. The van der Waals surface area contributed by atoms with Crippen molar-refractivity contribution in [2.24, 2.45) is 0 Å². The van der Waals surface area contributed by atoms with Gasteiger partial charge in [-0.25, -0.2) is 0 Å². The molecule has 0 unspecified atom stereocenters. The van der Waals surface area contributed by atoms with Crippen molar-refractivity contribution >= 4 is 11.6 Å². The zero-order chi connectivity index (χ0) is 12.3. The third-order valence-corrected chi connectivity index (χ3v) is 3.92. The molecule has 1 aromatic rings. The maximum atomic E-state index is 6.24. The molecule has 1 aromatic carbocycles. The molecule has 17 heavy (non-hydrogen) atoms. The van der Waals surface area contributed by atoms with Gasteiger partial charge in [0.05, 0.1) is 0 Å². The number of benzene rings is 1. The summed E-state index contributed by atoms with van der Waals surface area (Å²) in [5.74, 6) is 0. The summed E-state index contributed by atoms with van der Waals surface area (Å²) in [5.41, 5.74) is 1.42. The quantitative estimate of drug-likeness (QED) is 0.890. The van der Waals surface area contributed by atoms with E-state index >= 15 is 0 Å². The molecule has 0 saturated carbocycles. The van der Waals surface area contributed by atoms with Gasteiger partial charge in [-0.2, -0.15) is 0 Å². The summed E-state index contributed by atoms with van der Waals surface area (Å²) < 4.78 is 0. The Kier molecular flexibility index (Phi) is 4.08. The van der Waals surface area contributed by atoms with Gasteiger partial charge in [-0.05, 0) is 31.9 Å². The average Bonchev–Trinajstić information content (AvgIpc) is 2.33. The van der Waals surface area contributed by atoms with E-state index in [-0.39, 0.29) is 5.54 Å². The molecule has 1 fully saturated rings. The van der Waals surface area contributed by atoms with E-state index in [1.165, 1.54) is 5.56 Å². The summed E-state index contributed by atoms with van der Waals surface area (Å²) in [7, 11) is 0. The Bertz CT molecular complexity index is 370. The zero-order valence-electron chi connectivity index (χ0n) is 10.7. The lowest BCUT2D eigenvalue weighted by molar-refractivity contribution is 0.104. The van der Waals surface area contributed by atoms with E-state index in [0.717, 1.165) is 37.6 Å². The molecule has 1 aliphatic heterocycles. The van der Waals surface area contributed by atoms with Crippen molar-refractivity contribution in [3.05, 3.63) is 34.9 Å². The number of hydrogen-bond donors (Lipinski definition) is 1. The van der Waals surface area contributed by atoms with Gasteiger partial charge in [0, 0.05) is 36.7 Å². The Hall–Kier alpha value is -0.570. The fraction of sp³-hybridized carbons (Fsp3) is 0.571. The van der Waals surface area contributed by atoms with Crippen molar-refractivity contribution in [3.63, 3.8) is 0 Å². The Morgan fingerprint density at radius 3 is 2.53 bits per heavy atom. The van der Waals surface area contributed by atoms with E-state index in [4.69, 9.17) is 11.6 Å². The molecule has 1 aliphatic rings. The number of halogens is 1. The summed E-state index contributed by atoms with van der Waals surface area (Å²) >= 11 is 6.24. The normalized spacial score (nSPS) is 18.3. The lowest BCUT2D eigenvalue weighted by Crippen LogP contribution is -2.54. The second-order valence-electron chi connectivity index (χ2n) is 5.32. The van der Waals surface area contributed by atoms with Crippen LogP contribution in [-0.4, -0.2) is 36.6 Å². The highest BCUT2D eigenvalue weighted by atomic mass is 35.5. The van der Waals surface area contributed by atoms with Gasteiger partial charge in [0.25, 0.3) is 0 Å². The van der Waals surface area contributed by atoms with Crippen LogP contribution in [0, 0.1) is 0 Å². The summed E-state index contributed by atoms with van der Waals surface area (Å²) in [4.78, 5) is 2.55. The summed E-state index contributed by atoms with van der Waals surface area (Å²) in [6, 6.07) is 8.16. The van der Waals surface area contributed by atoms with Crippen LogP contribution in [0.3, 0.4) is 0 Å². The maximum absolute atomic E-state index is 6.24. The van der Waals surface area contributed by atoms with E-state index in [0.29, 0.717) is 0 Å². The minimum atomic E-state index is 0.174. The van der Waals surface area contributed by atoms with E-state index in [1.54, 1.807) is 0 Å². The van der Waals surface area contributed by atoms with E-state index in [1.807, 2.05) is 12.1 Å². The maximum Gasteiger partial charge on any atom is 0.0438 e. The van der Waals surface area contributed by atoms with E-state index in [9.17, 15) is 0 Å². The Balaban J connectivity index is 2.08. The molecule has 0 amide bonds. The number of nitrogens with one attached hydrogen (secondary N) is 1. The van der Waals surface area contributed by atoms with E-state index < -0.39 is 0 Å². The SMILES string of the molecule is CC(C)(Cc1ccccc1Cl)N1CCNCC1. The molecule has 2 rings (SSSR count). The Morgan fingerprint density at radius 1 is 1.24 bits per heavy atom. The first-order valence-electron chi connectivity index (χ1n) is 6.29. The Labute approximate surface area is 109 Å². The van der Waals surface area contributed by atoms with Crippen LogP contribution in [-0.2, 0) is 6.42 Å². The van der Waals surface area contributed by atoms with Crippen molar-refractivity contribution in [1.82, 2.24) is 10.2 Å². The molecular weight excluding hydrogens is 232 g/mol. The second-order valence-corrected chi connectivity index (χ2v) is 5.72. The zero-order valence-corrected chi connectivity index (χ0v) is 11.4. The average molecular weight is 253 g/mol. The van der Waals surface area contributed by atoms with Crippen molar-refractivity contribution in [2.75, 3.05) is 26.2 Å². The third-order valence-electron chi connectivity index (χ3n) is 3.55. The molecule has 1 saturated heterocycles. The predicted molar refractivity (Wildman–Crippen MR) is 73.7 cm³/mol. The lowest BCUT2D eigenvalue weighted by atomic mass is 9.92. The van der Waals surface area contributed by atoms with E-state index in [2.05, 4.69) is 36.2 Å². The summed E-state index contributed by atoms with van der Waals surface area (Å²) in [5, 5.41) is 4.28. The number of piperazine rings is 1. The number of rotatable bonds is 3. The largest absolute Gasteiger partial charge is 0.314 e. The molecule has 3 heteroatoms. The minimum absolute atomic E-state index is 0.174. The van der Waals surface area contributed by atoms with Crippen LogP contribution in [0.5, 0.6) is 0 Å². The highest BCUT2D eigenvalue weighted by Gasteiger charge is 2.28. The van der Waals surface area contributed by atoms with Crippen LogP contribution in [0.2, 0.25) is 5.02 Å². The van der Waals surface area contributed by atoms with Gasteiger partial charge >= 0.3 is 0 Å². The van der Waals surface area contributed by atoms with Crippen molar-refractivity contribution < 1.29 is 0 Å². The first-order chi connectivity index (χ1) is 8.09. The standard InChI is InChI=1S/C14H21ClN2/c1-14(2,17-9-7-16-8-10-17)11-12-5-3-4-6-13(12)15/h3-6,16H,7-11H2,1-2H3. The smallest absolute Gasteiger partial charge is 0.0438 e. The molecule has 94 valence electrons. The van der Waals surface area contributed by atoms with Crippen LogP contribution >= 0.6 is 11.6 Å². The van der Waals surface area contributed by atoms with Gasteiger partial charge in [0.2, 0.25) is 0 Å². The molecule has 0 radical (unpaired) electrons. The second kappa shape index (κ2) is 5.38. The Morgan fingerprint density at radius 2 is 1.88 bits per heavy atom. The topological polar surface area (TPSA) is 15.3 Å². The molecule has 0 aliphatic carbocycles. The summed E-state index contributed by atoms with van der Waals surface area (Å²) in [6.45, 7) is 9.04. The van der Waals surface area contributed by atoms with Crippen LogP contribution in [0.25, 0.3) is 0 Å². The third kappa shape index (κ3) is 3.21. The highest BCUT2D eigenvalue weighted by molar-refractivity contribution is 6.31. The fourth-order valence-electron chi connectivity index (χ4n) is 2.49. The first kappa shape index (κ1) is 12.9. The van der Waals surface area contributed by atoms with Gasteiger partial charge in [-0.15, -0.1) is 0 Å². The van der Waals surface area contributed by atoms with Gasteiger partial charge < -0.3 is 5.32 Å². The van der Waals surface area contributed by atoms with Crippen molar-refractivity contribution in [3.8, 4) is 0 Å². The molecular formula is C14H21ClN2. The minimum Gasteiger partial charge on any atom is -0.314 e. The van der Waals surface area contributed by atoms with Gasteiger partial charge in [-0.3, -0.25) is 4.90 Å². The lowest BCUT2D eigenvalue weighted by Gasteiger charge is -2.41. The fourth-order valence-corrected chi connectivity index (χ4v) is 2.69. The van der Waals surface area contributed by atoms with Crippen molar-refractivity contribution in [2.45, 2.75) is 25.8 Å². The van der Waals surface area contributed by atoms with Gasteiger partial charge in [0.15, 0.2) is 0 Å². The monoisotopic (exact) mass is 252 g/mol. The van der Waals surface area contributed by atoms with Crippen LogP contribution in [0.4, 0.5) is 0 Å². The molecule has 0 atom stereocenters. The van der Waals surface area contributed by atoms with Crippen LogP contribution in [0.15, 0.2) is 24.3 Å². The molecule has 0 spiro atoms. The van der Waals surface area contributed by atoms with Gasteiger partial charge in [-0.1, -0.05) is 29.8 Å². The molecule has 1 heterocycles. The highest BCUT2D eigenvalue weighted by Crippen LogP contribution is 2.25. The number of hydrogen-bond acceptors (Lipinski definition) is 2. The van der Waals surface area contributed by atoms with Crippen molar-refractivity contribution in [1.29, 1.82) is 0 Å². The van der Waals surface area contributed by atoms with Crippen LogP contribution in [0.1, 0.15) is 19.4 Å². The van der Waals surface area contributed by atoms with Gasteiger partial charge in [0.1, 0.15) is 0 Å². The number of nitrogens with zero attached hydrogens (tertiary/aromatic N) is 1. The molecule has 0 aromatic heterocycles. The molecule has 0 bridgehead atoms. The molecule has 2 nitrogen and oxygen atoms in total.